The van der Waals surface area contributed by atoms with Gasteiger partial charge in [0, 0.05) is 16.8 Å². The van der Waals surface area contributed by atoms with Gasteiger partial charge >= 0.3 is 0 Å². The van der Waals surface area contributed by atoms with Crippen molar-refractivity contribution in [2.45, 2.75) is 6.23 Å². The number of hydrogen-bond donors (Lipinski definition) is 3. The minimum atomic E-state index is -0.575. The fourth-order valence-electron chi connectivity index (χ4n) is 3.49. The van der Waals surface area contributed by atoms with Gasteiger partial charge in [-0.3, -0.25) is 9.59 Å². The maximum atomic E-state index is 13.1. The molecule has 0 fully saturated rings. The number of nitrogens with two attached hydrogens (primary N) is 1. The van der Waals surface area contributed by atoms with Crippen molar-refractivity contribution in [3.63, 3.8) is 0 Å². The summed E-state index contributed by atoms with van der Waals surface area (Å²) in [5, 5.41) is 13.5. The molecule has 0 radical (unpaired) electrons. The quantitative estimate of drug-likeness (QED) is 0.256. The molecule has 6 heteroatoms. The van der Waals surface area contributed by atoms with Crippen LogP contribution in [-0.2, 0) is 4.74 Å². The zero-order chi connectivity index (χ0) is 21.3. The summed E-state index contributed by atoms with van der Waals surface area (Å²) in [7, 11) is 0. The summed E-state index contributed by atoms with van der Waals surface area (Å²) < 4.78 is 5.41. The van der Waals surface area contributed by atoms with E-state index < -0.39 is 6.23 Å². The van der Waals surface area contributed by atoms with Gasteiger partial charge in [0.15, 0.2) is 11.6 Å². The minimum absolute atomic E-state index is 0.0140. The first-order valence-electron chi connectivity index (χ1n) is 9.40. The van der Waals surface area contributed by atoms with Gasteiger partial charge in [-0.1, -0.05) is 42.5 Å². The van der Waals surface area contributed by atoms with Gasteiger partial charge in [-0.15, -0.1) is 6.58 Å². The number of carbonyl (C=O) groups is 2. The summed E-state index contributed by atoms with van der Waals surface area (Å²) in [4.78, 5) is 26.0. The summed E-state index contributed by atoms with van der Waals surface area (Å²) in [6, 6.07) is 16.8. The lowest BCUT2D eigenvalue weighted by Gasteiger charge is -2.22. The number of ketones is 2. The summed E-state index contributed by atoms with van der Waals surface area (Å²) in [5.41, 5.74) is 8.68. The number of fused-ring (bicyclic) bond motifs is 2. The Bertz CT molecular complexity index is 1150. The fourth-order valence-corrected chi connectivity index (χ4v) is 3.49. The molecule has 4 rings (SSSR count). The molecule has 150 valence electrons. The van der Waals surface area contributed by atoms with Gasteiger partial charge in [-0.25, -0.2) is 0 Å². The van der Waals surface area contributed by atoms with Crippen LogP contribution in [0.5, 0.6) is 5.75 Å². The van der Waals surface area contributed by atoms with Crippen LogP contribution in [0.4, 0.5) is 11.4 Å². The summed E-state index contributed by atoms with van der Waals surface area (Å²) in [5.74, 6) is -0.902. The van der Waals surface area contributed by atoms with E-state index in [1.807, 2.05) is 12.1 Å². The highest BCUT2D eigenvalue weighted by atomic mass is 16.5. The number of rotatable bonds is 6. The number of phenolic OH excluding ortho intramolecular Hbond substituents is 1. The molecular weight excluding hydrogens is 380 g/mol. The molecule has 0 aliphatic heterocycles. The Kier molecular flexibility index (Phi) is 5.18. The lowest BCUT2D eigenvalue weighted by molar-refractivity contribution is 0.0794. The van der Waals surface area contributed by atoms with Crippen LogP contribution in [0.25, 0.3) is 0 Å². The summed E-state index contributed by atoms with van der Waals surface area (Å²) in [6.45, 7) is 3.94. The lowest BCUT2D eigenvalue weighted by Crippen LogP contribution is -2.22. The highest BCUT2D eigenvalue weighted by Crippen LogP contribution is 2.38. The number of phenols is 1. The smallest absolute Gasteiger partial charge is 0.198 e. The number of anilines is 2. The van der Waals surface area contributed by atoms with Crippen LogP contribution in [0.2, 0.25) is 0 Å². The Morgan fingerprint density at radius 2 is 1.60 bits per heavy atom. The molecule has 3 aromatic rings. The molecule has 3 aromatic carbocycles. The second-order valence-electron chi connectivity index (χ2n) is 6.88. The van der Waals surface area contributed by atoms with E-state index >= 15 is 0 Å². The molecule has 0 saturated carbocycles. The van der Waals surface area contributed by atoms with Crippen molar-refractivity contribution in [3.8, 4) is 5.75 Å². The lowest BCUT2D eigenvalue weighted by atomic mass is 9.82. The molecular formula is C24H20N2O4. The molecule has 1 atom stereocenters. The van der Waals surface area contributed by atoms with Gasteiger partial charge in [0.05, 0.1) is 23.4 Å². The Morgan fingerprint density at radius 1 is 0.967 bits per heavy atom. The van der Waals surface area contributed by atoms with E-state index in [0.717, 1.165) is 5.56 Å². The average molecular weight is 400 g/mol. The maximum absolute atomic E-state index is 13.1. The van der Waals surface area contributed by atoms with Crippen molar-refractivity contribution in [2.24, 2.45) is 5.73 Å². The maximum Gasteiger partial charge on any atom is 0.198 e. The monoisotopic (exact) mass is 400 g/mol. The molecule has 0 saturated heterocycles. The average Bonchev–Trinajstić information content (AvgIpc) is 2.77. The third kappa shape index (κ3) is 3.39. The largest absolute Gasteiger partial charge is 0.507 e. The molecule has 0 spiro atoms. The topological polar surface area (TPSA) is 102 Å². The Balaban J connectivity index is 1.68. The second kappa shape index (κ2) is 7.94. The van der Waals surface area contributed by atoms with Crippen molar-refractivity contribution < 1.29 is 19.4 Å². The predicted octanol–water partition coefficient (Wildman–Crippen LogP) is 4.07. The van der Waals surface area contributed by atoms with E-state index in [1.165, 1.54) is 6.07 Å². The van der Waals surface area contributed by atoms with Gasteiger partial charge in [-0.2, -0.15) is 0 Å². The Hall–Kier alpha value is -3.74. The van der Waals surface area contributed by atoms with Gasteiger partial charge in [0.1, 0.15) is 12.0 Å². The van der Waals surface area contributed by atoms with Gasteiger partial charge in [0.2, 0.25) is 0 Å². The highest BCUT2D eigenvalue weighted by Gasteiger charge is 2.33. The molecule has 6 nitrogen and oxygen atoms in total. The van der Waals surface area contributed by atoms with E-state index in [2.05, 4.69) is 11.9 Å². The van der Waals surface area contributed by atoms with Crippen molar-refractivity contribution in [1.82, 2.24) is 0 Å². The molecule has 1 unspecified atom stereocenters. The van der Waals surface area contributed by atoms with Gasteiger partial charge < -0.3 is 20.9 Å². The first-order valence-corrected chi connectivity index (χ1v) is 9.40. The molecule has 0 bridgehead atoms. The predicted molar refractivity (Wildman–Crippen MR) is 114 cm³/mol. The number of ether oxygens (including phenoxy) is 1. The van der Waals surface area contributed by atoms with Crippen LogP contribution in [0, 0.1) is 0 Å². The molecule has 0 amide bonds. The molecule has 0 aromatic heterocycles. The molecule has 0 heterocycles. The standard InChI is InChI=1S/C24H20N2O4/c1-2-13-30-24(25)14-7-9-15(10-8-14)26-18-11-12-19(27)21-20(18)22(28)16-5-3-4-6-17(16)23(21)29/h2-12,24,26-27H,1,13,25H2. The van der Waals surface area contributed by atoms with Gasteiger partial charge in [-0.05, 0) is 29.8 Å². The van der Waals surface area contributed by atoms with Crippen LogP contribution in [-0.4, -0.2) is 23.3 Å². The molecule has 1 aliphatic rings. The minimum Gasteiger partial charge on any atom is -0.507 e. The second-order valence-corrected chi connectivity index (χ2v) is 6.88. The van der Waals surface area contributed by atoms with Crippen LogP contribution in [0.3, 0.4) is 0 Å². The zero-order valence-corrected chi connectivity index (χ0v) is 16.1. The van der Waals surface area contributed by atoms with E-state index in [1.54, 1.807) is 48.5 Å². The number of aromatic hydroxyl groups is 1. The van der Waals surface area contributed by atoms with Gasteiger partial charge in [0.25, 0.3) is 0 Å². The van der Waals surface area contributed by atoms with Crippen molar-refractivity contribution >= 4 is 22.9 Å². The number of carbonyl (C=O) groups excluding carboxylic acids is 2. The normalized spacial score (nSPS) is 13.4. The summed E-state index contributed by atoms with van der Waals surface area (Å²) in [6.07, 6.45) is 1.05. The van der Waals surface area contributed by atoms with E-state index in [4.69, 9.17) is 10.5 Å². The third-order valence-electron chi connectivity index (χ3n) is 4.97. The van der Waals surface area contributed by atoms with Crippen LogP contribution < -0.4 is 11.1 Å². The van der Waals surface area contributed by atoms with Crippen molar-refractivity contribution in [2.75, 3.05) is 11.9 Å². The highest BCUT2D eigenvalue weighted by molar-refractivity contribution is 6.31. The summed E-state index contributed by atoms with van der Waals surface area (Å²) >= 11 is 0. The van der Waals surface area contributed by atoms with Crippen LogP contribution in [0.1, 0.15) is 43.6 Å². The Labute approximate surface area is 173 Å². The van der Waals surface area contributed by atoms with Crippen LogP contribution >= 0.6 is 0 Å². The number of benzene rings is 3. The number of hydrogen-bond acceptors (Lipinski definition) is 6. The van der Waals surface area contributed by atoms with Crippen molar-refractivity contribution in [3.05, 3.63) is 101 Å². The van der Waals surface area contributed by atoms with Crippen LogP contribution in [0.15, 0.2) is 73.3 Å². The zero-order valence-electron chi connectivity index (χ0n) is 16.1. The first-order chi connectivity index (χ1) is 14.5. The van der Waals surface area contributed by atoms with E-state index in [9.17, 15) is 14.7 Å². The molecule has 1 aliphatic carbocycles. The van der Waals surface area contributed by atoms with E-state index in [-0.39, 0.29) is 28.4 Å². The van der Waals surface area contributed by atoms with E-state index in [0.29, 0.717) is 29.1 Å². The number of nitrogens with one attached hydrogen (secondary N) is 1. The van der Waals surface area contributed by atoms with Crippen molar-refractivity contribution in [1.29, 1.82) is 0 Å². The Morgan fingerprint density at radius 3 is 2.23 bits per heavy atom. The molecule has 30 heavy (non-hydrogen) atoms. The third-order valence-corrected chi connectivity index (χ3v) is 4.97. The first kappa shape index (κ1) is 19.6. The SMILES string of the molecule is C=CCOC(N)c1ccc(Nc2ccc(O)c3c2C(=O)c2ccccc2C3=O)cc1. The molecule has 4 N–H and O–H groups in total. The fraction of sp³-hybridized carbons (Fsp3) is 0.0833.